The first kappa shape index (κ1) is 22.5. The van der Waals surface area contributed by atoms with Crippen LogP contribution in [0, 0.1) is 11.8 Å². The standard InChI is InChI=1S/C22H22N2O9/c1-24(2)15-10-6-7-5-9-8(21(31)32)3-4-11(25)13(9)16(26)12(7)18(28)22(10,33)19(29)14(17(15)27)20(23)30/h3-4,7,10,15,25,27-28,33H,5-6H2,1-2H3,(H2,23,30)(H,31,32)/t7-,10-,15?,22-/m0/s1. The van der Waals surface area contributed by atoms with Gasteiger partial charge in [0, 0.05) is 11.5 Å². The van der Waals surface area contributed by atoms with Crippen molar-refractivity contribution in [1.82, 2.24) is 4.90 Å². The van der Waals surface area contributed by atoms with Crippen LogP contribution in [0.1, 0.15) is 32.7 Å². The van der Waals surface area contributed by atoms with Gasteiger partial charge in [0.15, 0.2) is 11.4 Å². The van der Waals surface area contributed by atoms with Crippen LogP contribution in [0.5, 0.6) is 5.75 Å². The van der Waals surface area contributed by atoms with E-state index in [1.165, 1.54) is 19.0 Å². The summed E-state index contributed by atoms with van der Waals surface area (Å²) in [6.07, 6.45) is -0.189. The molecule has 4 rings (SSSR count). The number of aliphatic hydroxyl groups is 3. The summed E-state index contributed by atoms with van der Waals surface area (Å²) in [6.45, 7) is 0. The van der Waals surface area contributed by atoms with Crippen LogP contribution in [0.15, 0.2) is 34.8 Å². The normalized spacial score (nSPS) is 29.0. The molecule has 4 atom stereocenters. The van der Waals surface area contributed by atoms with Gasteiger partial charge in [0.25, 0.3) is 5.91 Å². The van der Waals surface area contributed by atoms with Crippen LogP contribution in [-0.4, -0.2) is 79.6 Å². The highest BCUT2D eigenvalue weighted by molar-refractivity contribution is 6.25. The van der Waals surface area contributed by atoms with E-state index in [0.717, 1.165) is 12.1 Å². The number of Topliss-reactive ketones (excluding diaryl/α,β-unsaturated/α-hetero) is 2. The van der Waals surface area contributed by atoms with Crippen LogP contribution in [0.2, 0.25) is 0 Å². The number of allylic oxidation sites excluding steroid dienone is 1. The Morgan fingerprint density at radius 2 is 1.79 bits per heavy atom. The fraction of sp³-hybridized carbons (Fsp3) is 0.364. The number of phenols is 1. The zero-order valence-electron chi connectivity index (χ0n) is 17.7. The molecule has 0 aromatic heterocycles. The maximum Gasteiger partial charge on any atom is 0.335 e. The Balaban J connectivity index is 1.99. The number of fused-ring (bicyclic) bond motifs is 3. The van der Waals surface area contributed by atoms with Crippen LogP contribution in [0.4, 0.5) is 0 Å². The molecule has 0 heterocycles. The Bertz CT molecular complexity index is 1210. The van der Waals surface area contributed by atoms with E-state index in [0.29, 0.717) is 0 Å². The lowest BCUT2D eigenvalue weighted by atomic mass is 9.58. The van der Waals surface area contributed by atoms with E-state index >= 15 is 0 Å². The number of aliphatic hydroxyl groups excluding tert-OH is 2. The number of nitrogens with two attached hydrogens (primary N) is 1. The number of carbonyl (C=O) groups excluding carboxylic acids is 3. The van der Waals surface area contributed by atoms with Crippen LogP contribution in [0.3, 0.4) is 0 Å². The number of carbonyl (C=O) groups is 4. The highest BCUT2D eigenvalue weighted by Crippen LogP contribution is 2.52. The molecule has 1 amide bonds. The quantitative estimate of drug-likeness (QED) is 0.330. The Kier molecular flexibility index (Phi) is 4.88. The lowest BCUT2D eigenvalue weighted by Crippen LogP contribution is -2.63. The number of phenolic OH excluding ortho intramolecular Hbond substituents is 1. The Morgan fingerprint density at radius 3 is 2.33 bits per heavy atom. The monoisotopic (exact) mass is 458 g/mol. The minimum atomic E-state index is -2.73. The third-order valence-electron chi connectivity index (χ3n) is 6.84. The van der Waals surface area contributed by atoms with Crippen LogP contribution in [-0.2, 0) is 16.0 Å². The maximum absolute atomic E-state index is 13.3. The Hall–Kier alpha value is -3.70. The van der Waals surface area contributed by atoms with Gasteiger partial charge in [-0.15, -0.1) is 0 Å². The second kappa shape index (κ2) is 7.15. The molecule has 1 aromatic rings. The predicted molar refractivity (Wildman–Crippen MR) is 111 cm³/mol. The molecule has 3 aliphatic carbocycles. The van der Waals surface area contributed by atoms with E-state index in [2.05, 4.69) is 0 Å². The number of hydrogen-bond acceptors (Lipinski definition) is 9. The molecule has 33 heavy (non-hydrogen) atoms. The Labute approximate surface area is 187 Å². The number of benzene rings is 1. The molecule has 11 heteroatoms. The summed E-state index contributed by atoms with van der Waals surface area (Å²) < 4.78 is 0. The smallest absolute Gasteiger partial charge is 0.335 e. The highest BCUT2D eigenvalue weighted by Gasteiger charge is 2.63. The number of nitrogens with zero attached hydrogens (tertiary/aromatic N) is 1. The van der Waals surface area contributed by atoms with Gasteiger partial charge < -0.3 is 31.3 Å². The molecule has 0 fully saturated rings. The number of aromatic carboxylic acids is 1. The average Bonchev–Trinajstić information content (AvgIpc) is 2.70. The fourth-order valence-electron chi connectivity index (χ4n) is 5.45. The highest BCUT2D eigenvalue weighted by atomic mass is 16.4. The van der Waals surface area contributed by atoms with Gasteiger partial charge in [-0.05, 0) is 50.6 Å². The number of likely N-dealkylation sites (N-methyl/N-ethyl adjacent to an activating group) is 1. The van der Waals surface area contributed by atoms with Crippen molar-refractivity contribution in [2.24, 2.45) is 17.6 Å². The summed E-state index contributed by atoms with van der Waals surface area (Å²) in [7, 11) is 3.04. The first-order valence-corrected chi connectivity index (χ1v) is 10.1. The van der Waals surface area contributed by atoms with Crippen molar-refractivity contribution >= 4 is 23.4 Å². The van der Waals surface area contributed by atoms with Gasteiger partial charge in [0.05, 0.1) is 17.2 Å². The lowest BCUT2D eigenvalue weighted by Gasteiger charge is -2.50. The van der Waals surface area contributed by atoms with Crippen LogP contribution < -0.4 is 5.73 Å². The predicted octanol–water partition coefficient (Wildman–Crippen LogP) is -0.181. The first-order valence-electron chi connectivity index (χ1n) is 10.1. The first-order chi connectivity index (χ1) is 15.3. The molecule has 0 saturated carbocycles. The lowest BCUT2D eigenvalue weighted by molar-refractivity contribution is -0.148. The van der Waals surface area contributed by atoms with Crippen molar-refractivity contribution < 1.29 is 44.7 Å². The van der Waals surface area contributed by atoms with Crippen molar-refractivity contribution in [3.63, 3.8) is 0 Å². The molecule has 11 nitrogen and oxygen atoms in total. The topological polar surface area (TPSA) is 199 Å². The van der Waals surface area contributed by atoms with Gasteiger partial charge in [-0.3, -0.25) is 19.3 Å². The minimum Gasteiger partial charge on any atom is -0.510 e. The van der Waals surface area contributed by atoms with Crippen molar-refractivity contribution in [2.45, 2.75) is 24.5 Å². The molecule has 1 unspecified atom stereocenters. The maximum atomic E-state index is 13.3. The second-order valence-electron chi connectivity index (χ2n) is 8.75. The number of hydrogen-bond donors (Lipinski definition) is 6. The van der Waals surface area contributed by atoms with Gasteiger partial charge >= 0.3 is 5.97 Å². The molecule has 3 aliphatic rings. The molecule has 0 aliphatic heterocycles. The number of carboxylic acids is 1. The summed E-state index contributed by atoms with van der Waals surface area (Å²) in [6, 6.07) is 1.09. The van der Waals surface area contributed by atoms with E-state index in [1.54, 1.807) is 0 Å². The number of ketones is 2. The Morgan fingerprint density at radius 1 is 1.15 bits per heavy atom. The van der Waals surface area contributed by atoms with Crippen molar-refractivity contribution in [3.8, 4) is 5.75 Å². The number of amides is 1. The molecular weight excluding hydrogens is 436 g/mol. The van der Waals surface area contributed by atoms with E-state index in [9.17, 15) is 44.7 Å². The van der Waals surface area contributed by atoms with Gasteiger partial charge in [-0.1, -0.05) is 0 Å². The third-order valence-corrected chi connectivity index (χ3v) is 6.84. The summed E-state index contributed by atoms with van der Waals surface area (Å²) >= 11 is 0. The SMILES string of the molecule is CN(C)C1C(O)=C(C(N)=O)C(=O)[C@@]2(O)C(O)=C3C(=O)c4c(O)ccc(C(=O)O)c4C[C@H]3C[C@@H]12. The number of primary amides is 1. The fourth-order valence-corrected chi connectivity index (χ4v) is 5.45. The van der Waals surface area contributed by atoms with Gasteiger partial charge in [0.2, 0.25) is 5.78 Å². The molecule has 0 saturated heterocycles. The number of rotatable bonds is 3. The zero-order valence-corrected chi connectivity index (χ0v) is 17.7. The largest absolute Gasteiger partial charge is 0.510 e. The van der Waals surface area contributed by atoms with E-state index in [-0.39, 0.29) is 35.1 Å². The van der Waals surface area contributed by atoms with Crippen molar-refractivity contribution in [3.05, 3.63) is 51.5 Å². The van der Waals surface area contributed by atoms with Crippen LogP contribution in [0.25, 0.3) is 0 Å². The van der Waals surface area contributed by atoms with E-state index < -0.39 is 69.8 Å². The summed E-state index contributed by atoms with van der Waals surface area (Å²) in [5.74, 6) is -9.05. The van der Waals surface area contributed by atoms with Gasteiger partial charge in [0.1, 0.15) is 22.8 Å². The zero-order chi connectivity index (χ0) is 24.6. The molecule has 174 valence electrons. The number of aromatic hydroxyl groups is 1. The molecule has 0 radical (unpaired) electrons. The van der Waals surface area contributed by atoms with Gasteiger partial charge in [-0.2, -0.15) is 0 Å². The molecule has 0 spiro atoms. The van der Waals surface area contributed by atoms with Crippen molar-refractivity contribution in [1.29, 1.82) is 0 Å². The third kappa shape index (κ3) is 2.82. The molecular formula is C22H22N2O9. The molecule has 7 N–H and O–H groups in total. The molecule has 1 aromatic carbocycles. The van der Waals surface area contributed by atoms with Crippen LogP contribution >= 0.6 is 0 Å². The summed E-state index contributed by atoms with van der Waals surface area (Å²) in [4.78, 5) is 51.5. The summed E-state index contributed by atoms with van der Waals surface area (Å²) in [5, 5.41) is 53.0. The second-order valence-corrected chi connectivity index (χ2v) is 8.75. The van der Waals surface area contributed by atoms with Crippen molar-refractivity contribution in [2.75, 3.05) is 14.1 Å². The minimum absolute atomic E-state index is 0.0700. The van der Waals surface area contributed by atoms with E-state index in [1.807, 2.05) is 0 Å². The van der Waals surface area contributed by atoms with E-state index in [4.69, 9.17) is 5.73 Å². The van der Waals surface area contributed by atoms with Gasteiger partial charge in [-0.25, -0.2) is 4.79 Å². The number of carboxylic acid groups (broad SMARTS) is 1. The average molecular weight is 458 g/mol. The molecule has 0 bridgehead atoms. The summed E-state index contributed by atoms with van der Waals surface area (Å²) in [5.41, 5.74) is 0.839.